The van der Waals surface area contributed by atoms with E-state index in [2.05, 4.69) is 11.3 Å². The first-order valence-corrected chi connectivity index (χ1v) is 3.94. The van der Waals surface area contributed by atoms with Gasteiger partial charge in [0.25, 0.3) is 0 Å². The Hall–Kier alpha value is -1.59. The van der Waals surface area contributed by atoms with E-state index in [9.17, 15) is 14.0 Å². The summed E-state index contributed by atoms with van der Waals surface area (Å²) in [5.41, 5.74) is 0. The molecule has 5 nitrogen and oxygen atoms in total. The van der Waals surface area contributed by atoms with Crippen molar-refractivity contribution in [1.82, 2.24) is 5.32 Å². The van der Waals surface area contributed by atoms with Gasteiger partial charge in [0, 0.05) is 6.42 Å². The molecule has 0 heterocycles. The Balaban J connectivity index is 3.95. The summed E-state index contributed by atoms with van der Waals surface area (Å²) in [4.78, 5) is 21.3. The lowest BCUT2D eigenvalue weighted by Gasteiger charge is -2.11. The van der Waals surface area contributed by atoms with Gasteiger partial charge in [0.05, 0.1) is 6.67 Å². The summed E-state index contributed by atoms with van der Waals surface area (Å²) < 4.78 is 16.3. The molecule has 0 radical (unpaired) electrons. The lowest BCUT2D eigenvalue weighted by atomic mass is 10.2. The van der Waals surface area contributed by atoms with E-state index in [1.807, 2.05) is 5.32 Å². The zero-order valence-corrected chi connectivity index (χ0v) is 7.53. The molecule has 0 saturated heterocycles. The Morgan fingerprint density at radius 1 is 1.64 bits per heavy atom. The SMILES string of the molecule is C=CCOC(=O)NC(CCF)C(=O)O. The second-order valence-corrected chi connectivity index (χ2v) is 2.40. The van der Waals surface area contributed by atoms with Crippen LogP contribution in [-0.4, -0.2) is 36.5 Å². The lowest BCUT2D eigenvalue weighted by molar-refractivity contribution is -0.139. The summed E-state index contributed by atoms with van der Waals surface area (Å²) in [7, 11) is 0. The van der Waals surface area contributed by atoms with Gasteiger partial charge in [-0.15, -0.1) is 0 Å². The van der Waals surface area contributed by atoms with E-state index < -0.39 is 24.8 Å². The van der Waals surface area contributed by atoms with Crippen molar-refractivity contribution in [3.8, 4) is 0 Å². The maximum absolute atomic E-state index is 11.8. The van der Waals surface area contributed by atoms with Gasteiger partial charge in [0.1, 0.15) is 12.6 Å². The lowest BCUT2D eigenvalue weighted by Crippen LogP contribution is -2.41. The van der Waals surface area contributed by atoms with Crippen LogP contribution < -0.4 is 5.32 Å². The number of halogens is 1. The van der Waals surface area contributed by atoms with Crippen LogP contribution in [0.15, 0.2) is 12.7 Å². The number of ether oxygens (including phenoxy) is 1. The first kappa shape index (κ1) is 12.4. The number of hydrogen-bond acceptors (Lipinski definition) is 3. The maximum Gasteiger partial charge on any atom is 0.408 e. The normalized spacial score (nSPS) is 11.5. The number of rotatable bonds is 6. The Morgan fingerprint density at radius 3 is 2.71 bits per heavy atom. The first-order valence-electron chi connectivity index (χ1n) is 3.94. The van der Waals surface area contributed by atoms with Gasteiger partial charge < -0.3 is 15.2 Å². The van der Waals surface area contributed by atoms with E-state index in [4.69, 9.17) is 5.11 Å². The number of amides is 1. The van der Waals surface area contributed by atoms with E-state index in [0.717, 1.165) is 0 Å². The van der Waals surface area contributed by atoms with Crippen molar-refractivity contribution < 1.29 is 23.8 Å². The summed E-state index contributed by atoms with van der Waals surface area (Å²) in [6.45, 7) is 2.46. The molecule has 0 fully saturated rings. The number of carbonyl (C=O) groups excluding carboxylic acids is 1. The van der Waals surface area contributed by atoms with E-state index in [-0.39, 0.29) is 13.0 Å². The van der Waals surface area contributed by atoms with Crippen LogP contribution in [0.4, 0.5) is 9.18 Å². The molecule has 14 heavy (non-hydrogen) atoms. The van der Waals surface area contributed by atoms with Gasteiger partial charge in [0.15, 0.2) is 0 Å². The van der Waals surface area contributed by atoms with Gasteiger partial charge in [-0.05, 0) is 0 Å². The van der Waals surface area contributed by atoms with E-state index in [0.29, 0.717) is 0 Å². The quantitative estimate of drug-likeness (QED) is 0.626. The number of carboxylic acids is 1. The largest absolute Gasteiger partial charge is 0.480 e. The van der Waals surface area contributed by atoms with Crippen molar-refractivity contribution in [2.75, 3.05) is 13.3 Å². The Kier molecular flexibility index (Phi) is 6.09. The van der Waals surface area contributed by atoms with Crippen LogP contribution in [0.1, 0.15) is 6.42 Å². The molecule has 0 bridgehead atoms. The average molecular weight is 205 g/mol. The second kappa shape index (κ2) is 6.88. The molecule has 0 aliphatic heterocycles. The molecule has 1 unspecified atom stereocenters. The highest BCUT2D eigenvalue weighted by molar-refractivity contribution is 5.79. The summed E-state index contributed by atoms with van der Waals surface area (Å²) in [5, 5.41) is 10.5. The Bertz CT molecular complexity index is 219. The van der Waals surface area contributed by atoms with Crippen LogP contribution in [0.3, 0.4) is 0 Å². The number of nitrogens with one attached hydrogen (secondary N) is 1. The molecule has 0 spiro atoms. The predicted octanol–water partition coefficient (Wildman–Crippen LogP) is 0.711. The molecule has 1 atom stereocenters. The molecule has 0 aliphatic carbocycles. The van der Waals surface area contributed by atoms with Gasteiger partial charge in [-0.3, -0.25) is 4.39 Å². The third-order valence-electron chi connectivity index (χ3n) is 1.32. The number of carboxylic acid groups (broad SMARTS) is 1. The minimum absolute atomic E-state index is 0.0200. The molecule has 0 aliphatic rings. The number of carbonyl (C=O) groups is 2. The second-order valence-electron chi connectivity index (χ2n) is 2.40. The topological polar surface area (TPSA) is 75.6 Å². The fourth-order valence-electron chi connectivity index (χ4n) is 0.685. The van der Waals surface area contributed by atoms with Crippen LogP contribution >= 0.6 is 0 Å². The van der Waals surface area contributed by atoms with Crippen molar-refractivity contribution in [2.24, 2.45) is 0 Å². The molecule has 6 heteroatoms. The van der Waals surface area contributed by atoms with Gasteiger partial charge in [0.2, 0.25) is 0 Å². The molecule has 0 aromatic heterocycles. The van der Waals surface area contributed by atoms with Crippen molar-refractivity contribution in [1.29, 1.82) is 0 Å². The highest BCUT2D eigenvalue weighted by Crippen LogP contribution is 1.94. The molecule has 1 amide bonds. The average Bonchev–Trinajstić information content (AvgIpc) is 2.14. The smallest absolute Gasteiger partial charge is 0.408 e. The van der Waals surface area contributed by atoms with Crippen molar-refractivity contribution in [3.63, 3.8) is 0 Å². The van der Waals surface area contributed by atoms with Crippen LogP contribution in [0.5, 0.6) is 0 Å². The van der Waals surface area contributed by atoms with Crippen molar-refractivity contribution >= 4 is 12.1 Å². The van der Waals surface area contributed by atoms with Crippen LogP contribution in [0.2, 0.25) is 0 Å². The van der Waals surface area contributed by atoms with Crippen LogP contribution in [0.25, 0.3) is 0 Å². The van der Waals surface area contributed by atoms with Gasteiger partial charge in [-0.25, -0.2) is 9.59 Å². The van der Waals surface area contributed by atoms with Gasteiger partial charge in [-0.2, -0.15) is 0 Å². The molecule has 0 rings (SSSR count). The third-order valence-corrected chi connectivity index (χ3v) is 1.32. The number of hydrogen-bond donors (Lipinski definition) is 2. The molecule has 2 N–H and O–H groups in total. The minimum Gasteiger partial charge on any atom is -0.480 e. The highest BCUT2D eigenvalue weighted by Gasteiger charge is 2.19. The van der Waals surface area contributed by atoms with Gasteiger partial charge in [-0.1, -0.05) is 12.7 Å². The number of aliphatic carboxylic acids is 1. The first-order chi connectivity index (χ1) is 6.61. The Labute approximate surface area is 80.6 Å². The summed E-state index contributed by atoms with van der Waals surface area (Å²) in [6, 6.07) is -1.25. The maximum atomic E-state index is 11.8. The summed E-state index contributed by atoms with van der Waals surface area (Å²) in [5.74, 6) is -1.29. The molecule has 80 valence electrons. The number of alkyl carbamates (subject to hydrolysis) is 1. The zero-order valence-electron chi connectivity index (χ0n) is 7.53. The third kappa shape index (κ3) is 5.13. The van der Waals surface area contributed by atoms with E-state index in [1.165, 1.54) is 6.08 Å². The van der Waals surface area contributed by atoms with E-state index in [1.54, 1.807) is 0 Å². The fourth-order valence-corrected chi connectivity index (χ4v) is 0.685. The standard InChI is InChI=1S/C8H12FNO4/c1-2-5-14-8(13)10-6(3-4-9)7(11)12/h2,6H,1,3-5H2,(H,10,13)(H,11,12). The van der Waals surface area contributed by atoms with Crippen LogP contribution in [-0.2, 0) is 9.53 Å². The zero-order chi connectivity index (χ0) is 11.0. The van der Waals surface area contributed by atoms with Gasteiger partial charge >= 0.3 is 12.1 Å². The fraction of sp³-hybridized carbons (Fsp3) is 0.500. The molecule has 0 aromatic rings. The highest BCUT2D eigenvalue weighted by atomic mass is 19.1. The summed E-state index contributed by atoms with van der Waals surface area (Å²) >= 11 is 0. The summed E-state index contributed by atoms with van der Waals surface area (Å²) in [6.07, 6.45) is 0.161. The predicted molar refractivity (Wildman–Crippen MR) is 46.7 cm³/mol. The minimum atomic E-state index is -1.29. The van der Waals surface area contributed by atoms with Crippen LogP contribution in [0, 0.1) is 0 Å². The van der Waals surface area contributed by atoms with E-state index >= 15 is 0 Å². The Morgan fingerprint density at radius 2 is 2.29 bits per heavy atom. The molecule has 0 aromatic carbocycles. The molecule has 0 saturated carbocycles. The van der Waals surface area contributed by atoms with Crippen molar-refractivity contribution in [2.45, 2.75) is 12.5 Å². The van der Waals surface area contributed by atoms with Crippen molar-refractivity contribution in [3.05, 3.63) is 12.7 Å². The monoisotopic (exact) mass is 205 g/mol. The molecular weight excluding hydrogens is 193 g/mol. The number of alkyl halides is 1. The molecular formula is C8H12FNO4.